The van der Waals surface area contributed by atoms with E-state index in [1.807, 2.05) is 29.2 Å². The second kappa shape index (κ2) is 4.00. The lowest BCUT2D eigenvalue weighted by molar-refractivity contribution is -0.126. The van der Waals surface area contributed by atoms with Crippen LogP contribution in [0.4, 0.5) is 5.82 Å². The lowest BCUT2D eigenvalue weighted by Crippen LogP contribution is -2.31. The summed E-state index contributed by atoms with van der Waals surface area (Å²) in [6, 6.07) is 7.64. The van der Waals surface area contributed by atoms with E-state index in [1.165, 1.54) is 0 Å². The summed E-state index contributed by atoms with van der Waals surface area (Å²) in [6.07, 6.45) is 1.70. The average molecular weight is 268 g/mol. The summed E-state index contributed by atoms with van der Waals surface area (Å²) in [6.45, 7) is 1.05. The van der Waals surface area contributed by atoms with Crippen LogP contribution in [0.25, 0.3) is 11.0 Å². The van der Waals surface area contributed by atoms with Crippen molar-refractivity contribution in [3.8, 4) is 0 Å². The molecule has 2 unspecified atom stereocenters. The van der Waals surface area contributed by atoms with Crippen LogP contribution in [0.1, 0.15) is 0 Å². The zero-order valence-electron chi connectivity index (χ0n) is 10.6. The number of anilines is 1. The first kappa shape index (κ1) is 11.3. The normalized spacial score (nSPS) is 25.1. The number of fused-ring (bicyclic) bond motifs is 2. The third kappa shape index (κ3) is 1.57. The van der Waals surface area contributed by atoms with E-state index in [0.29, 0.717) is 13.1 Å². The molecule has 4 rings (SSSR count). The minimum Gasteiger partial charge on any atom is -0.354 e. The smallest absolute Gasteiger partial charge is 0.232 e. The molecule has 100 valence electrons. The second-order valence-corrected chi connectivity index (χ2v) is 5.19. The minimum atomic E-state index is -0.254. The highest BCUT2D eigenvalue weighted by Gasteiger charge is 2.48. The number of carbonyl (C=O) groups excluding carboxylic acids is 2. The summed E-state index contributed by atoms with van der Waals surface area (Å²) >= 11 is 0. The lowest BCUT2D eigenvalue weighted by atomic mass is 10.00. The fourth-order valence-corrected chi connectivity index (χ4v) is 2.93. The molecule has 6 nitrogen and oxygen atoms in total. The first-order chi connectivity index (χ1) is 9.72. The Kier molecular flexibility index (Phi) is 2.26. The van der Waals surface area contributed by atoms with Crippen molar-refractivity contribution < 1.29 is 9.59 Å². The van der Waals surface area contributed by atoms with E-state index in [9.17, 15) is 9.59 Å². The Balaban J connectivity index is 1.68. The van der Waals surface area contributed by atoms with E-state index in [1.54, 1.807) is 6.20 Å². The van der Waals surface area contributed by atoms with Gasteiger partial charge in [-0.15, -0.1) is 0 Å². The van der Waals surface area contributed by atoms with Gasteiger partial charge in [0.15, 0.2) is 0 Å². The van der Waals surface area contributed by atoms with Crippen LogP contribution in [0.5, 0.6) is 0 Å². The number of aromatic nitrogens is 2. The molecule has 0 saturated carbocycles. The molecule has 0 bridgehead atoms. The topological polar surface area (TPSA) is 75.2 Å². The molecular formula is C14H12N4O2. The van der Waals surface area contributed by atoms with Gasteiger partial charge in [0, 0.05) is 13.1 Å². The molecule has 2 saturated heterocycles. The Bertz CT molecular complexity index is 708. The predicted octanol–water partition coefficient (Wildman–Crippen LogP) is 0.339. The van der Waals surface area contributed by atoms with Gasteiger partial charge in [-0.05, 0) is 12.1 Å². The van der Waals surface area contributed by atoms with E-state index in [-0.39, 0.29) is 23.7 Å². The van der Waals surface area contributed by atoms with Crippen LogP contribution in [0.15, 0.2) is 30.5 Å². The average Bonchev–Trinajstić information content (AvgIpc) is 3.01. The monoisotopic (exact) mass is 268 g/mol. The fraction of sp³-hybridized carbons (Fsp3) is 0.286. The molecular weight excluding hydrogens is 256 g/mol. The van der Waals surface area contributed by atoms with Gasteiger partial charge in [-0.1, -0.05) is 12.1 Å². The van der Waals surface area contributed by atoms with Crippen LogP contribution >= 0.6 is 0 Å². The van der Waals surface area contributed by atoms with E-state index >= 15 is 0 Å². The summed E-state index contributed by atoms with van der Waals surface area (Å²) < 4.78 is 0. The van der Waals surface area contributed by atoms with Gasteiger partial charge in [0.2, 0.25) is 11.8 Å². The van der Waals surface area contributed by atoms with Crippen molar-refractivity contribution in [1.29, 1.82) is 0 Å². The summed E-state index contributed by atoms with van der Waals surface area (Å²) in [5.74, 6) is -0.127. The third-order valence-corrected chi connectivity index (χ3v) is 4.00. The Morgan fingerprint density at radius 3 is 2.40 bits per heavy atom. The van der Waals surface area contributed by atoms with E-state index in [2.05, 4.69) is 15.3 Å². The number of rotatable bonds is 1. The number of hydrogen-bond acceptors (Lipinski definition) is 5. The first-order valence-corrected chi connectivity index (χ1v) is 6.54. The number of nitrogens with zero attached hydrogens (tertiary/aromatic N) is 3. The molecule has 2 amide bonds. The molecule has 1 N–H and O–H groups in total. The summed E-state index contributed by atoms with van der Waals surface area (Å²) in [5.41, 5.74) is 1.65. The van der Waals surface area contributed by atoms with Crippen LogP contribution in [-0.4, -0.2) is 34.9 Å². The second-order valence-electron chi connectivity index (χ2n) is 5.19. The number of amides is 2. The number of hydrogen-bond donors (Lipinski definition) is 1. The van der Waals surface area contributed by atoms with Gasteiger partial charge < -0.3 is 4.90 Å². The minimum absolute atomic E-state index is 0.170. The molecule has 1 aromatic carbocycles. The number of carbonyl (C=O) groups is 2. The van der Waals surface area contributed by atoms with Crippen molar-refractivity contribution in [1.82, 2.24) is 15.3 Å². The Morgan fingerprint density at radius 1 is 1.05 bits per heavy atom. The molecule has 0 radical (unpaired) electrons. The van der Waals surface area contributed by atoms with E-state index < -0.39 is 0 Å². The van der Waals surface area contributed by atoms with Crippen LogP contribution in [0.3, 0.4) is 0 Å². The summed E-state index contributed by atoms with van der Waals surface area (Å²) in [7, 11) is 0. The highest BCUT2D eigenvalue weighted by Crippen LogP contribution is 2.31. The van der Waals surface area contributed by atoms with Crippen molar-refractivity contribution in [3.63, 3.8) is 0 Å². The third-order valence-electron chi connectivity index (χ3n) is 4.00. The van der Waals surface area contributed by atoms with E-state index in [0.717, 1.165) is 16.9 Å². The molecule has 1 aromatic heterocycles. The molecule has 2 fully saturated rings. The molecule has 2 atom stereocenters. The molecule has 2 aliphatic heterocycles. The largest absolute Gasteiger partial charge is 0.354 e. The van der Waals surface area contributed by atoms with Gasteiger partial charge in [0.1, 0.15) is 5.82 Å². The number of para-hydroxylation sites is 2. The fourth-order valence-electron chi connectivity index (χ4n) is 2.93. The zero-order chi connectivity index (χ0) is 13.7. The van der Waals surface area contributed by atoms with Crippen molar-refractivity contribution in [3.05, 3.63) is 30.5 Å². The van der Waals surface area contributed by atoms with Crippen LogP contribution < -0.4 is 10.2 Å². The maximum absolute atomic E-state index is 11.7. The summed E-state index contributed by atoms with van der Waals surface area (Å²) in [4.78, 5) is 34.2. The molecule has 20 heavy (non-hydrogen) atoms. The number of nitrogens with one attached hydrogen (secondary N) is 1. The highest BCUT2D eigenvalue weighted by molar-refractivity contribution is 6.06. The van der Waals surface area contributed by atoms with Gasteiger partial charge in [-0.3, -0.25) is 19.9 Å². The van der Waals surface area contributed by atoms with Crippen molar-refractivity contribution >= 4 is 28.7 Å². The Morgan fingerprint density at radius 2 is 1.70 bits per heavy atom. The van der Waals surface area contributed by atoms with Crippen molar-refractivity contribution in [2.75, 3.05) is 18.0 Å². The van der Waals surface area contributed by atoms with Gasteiger partial charge >= 0.3 is 0 Å². The van der Waals surface area contributed by atoms with Crippen LogP contribution in [0.2, 0.25) is 0 Å². The van der Waals surface area contributed by atoms with Crippen LogP contribution in [0, 0.1) is 11.8 Å². The number of benzene rings is 1. The maximum atomic E-state index is 11.7. The molecule has 6 heteroatoms. The standard InChI is InChI=1S/C14H12N4O2/c19-13-8-6-18(7-9(8)14(20)17-13)12-5-15-10-3-1-2-4-11(10)16-12/h1-5,8-9H,6-7H2,(H,17,19,20). The quantitative estimate of drug-likeness (QED) is 0.755. The van der Waals surface area contributed by atoms with Gasteiger partial charge in [0.25, 0.3) is 0 Å². The first-order valence-electron chi connectivity index (χ1n) is 6.54. The molecule has 0 aliphatic carbocycles. The predicted molar refractivity (Wildman–Crippen MR) is 71.9 cm³/mol. The number of imide groups is 1. The van der Waals surface area contributed by atoms with Gasteiger partial charge in [-0.2, -0.15) is 0 Å². The highest BCUT2D eigenvalue weighted by atomic mass is 16.2. The van der Waals surface area contributed by atoms with E-state index in [4.69, 9.17) is 0 Å². The van der Waals surface area contributed by atoms with Crippen LogP contribution in [-0.2, 0) is 9.59 Å². The maximum Gasteiger partial charge on any atom is 0.232 e. The zero-order valence-corrected chi connectivity index (χ0v) is 10.6. The molecule has 3 heterocycles. The lowest BCUT2D eigenvalue weighted by Gasteiger charge is -2.17. The molecule has 0 spiro atoms. The Hall–Kier alpha value is -2.50. The Labute approximate surface area is 114 Å². The molecule has 2 aromatic rings. The molecule has 2 aliphatic rings. The van der Waals surface area contributed by atoms with Gasteiger partial charge in [-0.25, -0.2) is 4.98 Å². The van der Waals surface area contributed by atoms with Gasteiger partial charge in [0.05, 0.1) is 29.1 Å². The SMILES string of the molecule is O=C1NC(=O)C2CN(c3cnc4ccccc4n3)CC12. The van der Waals surface area contributed by atoms with Crippen molar-refractivity contribution in [2.24, 2.45) is 11.8 Å². The van der Waals surface area contributed by atoms with Crippen molar-refractivity contribution in [2.45, 2.75) is 0 Å². The summed E-state index contributed by atoms with van der Waals surface area (Å²) in [5, 5.41) is 2.38.